The van der Waals surface area contributed by atoms with Gasteiger partial charge in [-0.1, -0.05) is 30.3 Å². The first-order valence-corrected chi connectivity index (χ1v) is 5.87. The normalized spacial score (nSPS) is 12.8. The first-order chi connectivity index (χ1) is 8.75. The summed E-state index contributed by atoms with van der Waals surface area (Å²) in [5, 5.41) is 8.36. The number of nitrogens with two attached hydrogens (primary N) is 1. The van der Waals surface area contributed by atoms with Gasteiger partial charge in [0.15, 0.2) is 11.5 Å². The molecule has 0 saturated heterocycles. The van der Waals surface area contributed by atoms with Gasteiger partial charge in [-0.25, -0.2) is 0 Å². The minimum atomic E-state index is -0.260. The zero-order valence-corrected chi connectivity index (χ0v) is 10.1. The molecule has 3 rings (SSSR count). The van der Waals surface area contributed by atoms with Gasteiger partial charge in [0.1, 0.15) is 0 Å². The molecule has 0 spiro atoms. The molecule has 4 heteroatoms. The fraction of sp³-hybridized carbons (Fsp3) is 0.143. The van der Waals surface area contributed by atoms with Crippen LogP contribution >= 0.6 is 0 Å². The number of rotatable bonds is 2. The van der Waals surface area contributed by atoms with Crippen LogP contribution in [0.5, 0.6) is 0 Å². The van der Waals surface area contributed by atoms with Crippen molar-refractivity contribution >= 4 is 5.65 Å². The number of aryl methyl sites for hydroxylation is 1. The van der Waals surface area contributed by atoms with Crippen LogP contribution in [0.15, 0.2) is 48.7 Å². The summed E-state index contributed by atoms with van der Waals surface area (Å²) in [5.41, 5.74) is 9.27. The van der Waals surface area contributed by atoms with Gasteiger partial charge >= 0.3 is 0 Å². The Bertz CT molecular complexity index is 673. The molecule has 1 atom stereocenters. The van der Waals surface area contributed by atoms with Gasteiger partial charge < -0.3 is 5.73 Å². The number of hydrogen-bond donors (Lipinski definition) is 1. The third kappa shape index (κ3) is 1.76. The molecular formula is C14H14N4. The highest BCUT2D eigenvalue weighted by atomic mass is 15.3. The Morgan fingerprint density at radius 3 is 2.67 bits per heavy atom. The van der Waals surface area contributed by atoms with Crippen LogP contribution in [0.25, 0.3) is 5.65 Å². The third-order valence-corrected chi connectivity index (χ3v) is 3.03. The van der Waals surface area contributed by atoms with E-state index >= 15 is 0 Å². The molecule has 0 radical (unpaired) electrons. The topological polar surface area (TPSA) is 56.2 Å². The summed E-state index contributed by atoms with van der Waals surface area (Å²) in [6, 6.07) is 13.7. The lowest BCUT2D eigenvalue weighted by molar-refractivity contribution is 0.765. The second kappa shape index (κ2) is 4.23. The van der Waals surface area contributed by atoms with E-state index in [1.54, 1.807) is 0 Å². The first-order valence-electron chi connectivity index (χ1n) is 5.87. The van der Waals surface area contributed by atoms with Crippen molar-refractivity contribution in [2.45, 2.75) is 13.0 Å². The maximum absolute atomic E-state index is 6.24. The van der Waals surface area contributed by atoms with E-state index in [1.165, 1.54) is 0 Å². The maximum atomic E-state index is 6.24. The summed E-state index contributed by atoms with van der Waals surface area (Å²) in [4.78, 5) is 0. The highest BCUT2D eigenvalue weighted by molar-refractivity contribution is 5.42. The van der Waals surface area contributed by atoms with E-state index in [2.05, 4.69) is 10.2 Å². The summed E-state index contributed by atoms with van der Waals surface area (Å²) >= 11 is 0. The Labute approximate surface area is 105 Å². The van der Waals surface area contributed by atoms with Gasteiger partial charge in [0.05, 0.1) is 6.04 Å². The van der Waals surface area contributed by atoms with Crippen molar-refractivity contribution in [1.29, 1.82) is 0 Å². The summed E-state index contributed by atoms with van der Waals surface area (Å²) in [5.74, 6) is 0.760. The molecule has 0 saturated carbocycles. The molecule has 0 aliphatic carbocycles. The van der Waals surface area contributed by atoms with E-state index < -0.39 is 0 Å². The molecule has 0 fully saturated rings. The molecule has 2 N–H and O–H groups in total. The Morgan fingerprint density at radius 1 is 1.11 bits per heavy atom. The van der Waals surface area contributed by atoms with Crippen LogP contribution in [-0.4, -0.2) is 14.6 Å². The first kappa shape index (κ1) is 10.9. The second-order valence-electron chi connectivity index (χ2n) is 4.38. The van der Waals surface area contributed by atoms with Crippen LogP contribution in [0.2, 0.25) is 0 Å². The quantitative estimate of drug-likeness (QED) is 0.743. The number of fused-ring (bicyclic) bond motifs is 1. The van der Waals surface area contributed by atoms with E-state index in [9.17, 15) is 0 Å². The van der Waals surface area contributed by atoms with Crippen molar-refractivity contribution in [1.82, 2.24) is 14.6 Å². The predicted molar refractivity (Wildman–Crippen MR) is 70.2 cm³/mol. The van der Waals surface area contributed by atoms with Gasteiger partial charge in [-0.05, 0) is 30.2 Å². The molecule has 0 aliphatic heterocycles. The SMILES string of the molecule is Cc1ccn2c(C(N)c3ccccc3)nnc2c1. The van der Waals surface area contributed by atoms with Gasteiger partial charge in [0, 0.05) is 6.20 Å². The number of aromatic nitrogens is 3. The molecule has 4 nitrogen and oxygen atoms in total. The molecule has 2 heterocycles. The monoisotopic (exact) mass is 238 g/mol. The molecule has 18 heavy (non-hydrogen) atoms. The summed E-state index contributed by atoms with van der Waals surface area (Å²) in [6.45, 7) is 2.03. The van der Waals surface area contributed by atoms with E-state index in [4.69, 9.17) is 5.73 Å². The molecular weight excluding hydrogens is 224 g/mol. The lowest BCUT2D eigenvalue weighted by Gasteiger charge is -2.10. The van der Waals surface area contributed by atoms with Gasteiger partial charge in [0.2, 0.25) is 0 Å². The van der Waals surface area contributed by atoms with Gasteiger partial charge in [-0.15, -0.1) is 10.2 Å². The number of nitrogens with zero attached hydrogens (tertiary/aromatic N) is 3. The average Bonchev–Trinajstić information content (AvgIpc) is 2.81. The lowest BCUT2D eigenvalue weighted by Crippen LogP contribution is -2.15. The van der Waals surface area contributed by atoms with E-state index in [0.717, 1.165) is 22.6 Å². The highest BCUT2D eigenvalue weighted by Crippen LogP contribution is 2.18. The molecule has 1 unspecified atom stereocenters. The summed E-state index contributed by atoms with van der Waals surface area (Å²) in [7, 11) is 0. The molecule has 0 bridgehead atoms. The maximum Gasteiger partial charge on any atom is 0.161 e. The Balaban J connectivity index is 2.10. The number of hydrogen-bond acceptors (Lipinski definition) is 3. The van der Waals surface area contributed by atoms with Crippen molar-refractivity contribution in [3.8, 4) is 0 Å². The largest absolute Gasteiger partial charge is 0.318 e. The fourth-order valence-electron chi connectivity index (χ4n) is 2.03. The van der Waals surface area contributed by atoms with Crippen LogP contribution < -0.4 is 5.73 Å². The molecule has 2 aromatic heterocycles. The lowest BCUT2D eigenvalue weighted by atomic mass is 10.1. The van der Waals surface area contributed by atoms with Gasteiger partial charge in [0.25, 0.3) is 0 Å². The van der Waals surface area contributed by atoms with Crippen molar-refractivity contribution in [2.24, 2.45) is 5.73 Å². The molecule has 0 amide bonds. The standard InChI is InChI=1S/C14H14N4/c1-10-7-8-18-12(9-10)16-17-14(18)13(15)11-5-3-2-4-6-11/h2-9,13H,15H2,1H3. The predicted octanol–water partition coefficient (Wildman–Crippen LogP) is 2.09. The minimum Gasteiger partial charge on any atom is -0.318 e. The minimum absolute atomic E-state index is 0.260. The average molecular weight is 238 g/mol. The van der Waals surface area contributed by atoms with E-state index in [-0.39, 0.29) is 6.04 Å². The zero-order valence-electron chi connectivity index (χ0n) is 10.1. The van der Waals surface area contributed by atoms with Crippen molar-refractivity contribution < 1.29 is 0 Å². The van der Waals surface area contributed by atoms with E-state index in [0.29, 0.717) is 0 Å². The van der Waals surface area contributed by atoms with Gasteiger partial charge in [-0.2, -0.15) is 0 Å². The van der Waals surface area contributed by atoms with Crippen LogP contribution in [0, 0.1) is 6.92 Å². The van der Waals surface area contributed by atoms with Crippen LogP contribution in [0.3, 0.4) is 0 Å². The number of pyridine rings is 1. The van der Waals surface area contributed by atoms with Crippen molar-refractivity contribution in [3.63, 3.8) is 0 Å². The Morgan fingerprint density at radius 2 is 1.89 bits per heavy atom. The number of benzene rings is 1. The zero-order chi connectivity index (χ0) is 12.5. The van der Waals surface area contributed by atoms with Gasteiger partial charge in [-0.3, -0.25) is 4.40 Å². The van der Waals surface area contributed by atoms with Crippen LogP contribution in [-0.2, 0) is 0 Å². The third-order valence-electron chi connectivity index (χ3n) is 3.03. The Kier molecular flexibility index (Phi) is 2.57. The Hall–Kier alpha value is -2.20. The highest BCUT2D eigenvalue weighted by Gasteiger charge is 2.15. The smallest absolute Gasteiger partial charge is 0.161 e. The van der Waals surface area contributed by atoms with E-state index in [1.807, 2.05) is 60.0 Å². The van der Waals surface area contributed by atoms with Crippen LogP contribution in [0.4, 0.5) is 0 Å². The summed E-state index contributed by atoms with van der Waals surface area (Å²) < 4.78 is 1.94. The second-order valence-corrected chi connectivity index (χ2v) is 4.38. The van der Waals surface area contributed by atoms with Crippen molar-refractivity contribution in [3.05, 3.63) is 65.6 Å². The van der Waals surface area contributed by atoms with Crippen LogP contribution in [0.1, 0.15) is 23.0 Å². The summed E-state index contributed by atoms with van der Waals surface area (Å²) in [6.07, 6.45) is 1.96. The molecule has 3 aromatic rings. The van der Waals surface area contributed by atoms with Crippen molar-refractivity contribution in [2.75, 3.05) is 0 Å². The molecule has 1 aromatic carbocycles. The molecule has 90 valence electrons. The fourth-order valence-corrected chi connectivity index (χ4v) is 2.03. The molecule has 0 aliphatic rings.